The molecule has 1 aliphatic carbocycles. The van der Waals surface area contributed by atoms with Gasteiger partial charge in [-0.1, -0.05) is 12.1 Å². The van der Waals surface area contributed by atoms with E-state index in [1.54, 1.807) is 0 Å². The van der Waals surface area contributed by atoms with Crippen molar-refractivity contribution in [1.29, 1.82) is 0 Å². The van der Waals surface area contributed by atoms with Crippen molar-refractivity contribution < 1.29 is 18.7 Å². The number of nitrogens with one attached hydrogen (secondary N) is 1. The molecule has 1 fully saturated rings. The molecule has 1 aliphatic rings. The largest absolute Gasteiger partial charge is 0.452 e. The minimum Gasteiger partial charge on any atom is -0.452 e. The summed E-state index contributed by atoms with van der Waals surface area (Å²) in [4.78, 5) is 23.1. The molecule has 102 valence electrons. The van der Waals surface area contributed by atoms with Crippen LogP contribution in [0.4, 0.5) is 4.39 Å². The van der Waals surface area contributed by atoms with E-state index in [0.29, 0.717) is 5.92 Å². The van der Waals surface area contributed by atoms with Crippen LogP contribution >= 0.6 is 0 Å². The number of carbonyl (C=O) groups is 2. The van der Waals surface area contributed by atoms with E-state index >= 15 is 0 Å². The number of rotatable bonds is 5. The summed E-state index contributed by atoms with van der Waals surface area (Å²) in [6.07, 6.45) is 2.24. The zero-order valence-electron chi connectivity index (χ0n) is 10.7. The van der Waals surface area contributed by atoms with Crippen molar-refractivity contribution in [3.05, 3.63) is 35.6 Å². The van der Waals surface area contributed by atoms with Gasteiger partial charge in [0.25, 0.3) is 5.91 Å². The van der Waals surface area contributed by atoms with Gasteiger partial charge in [0.05, 0.1) is 5.56 Å². The zero-order valence-corrected chi connectivity index (χ0v) is 10.7. The number of ether oxygens (including phenoxy) is 1. The van der Waals surface area contributed by atoms with Gasteiger partial charge in [-0.25, -0.2) is 9.18 Å². The van der Waals surface area contributed by atoms with Gasteiger partial charge in [-0.3, -0.25) is 4.79 Å². The lowest BCUT2D eigenvalue weighted by Gasteiger charge is -2.12. The molecule has 0 aliphatic heterocycles. The van der Waals surface area contributed by atoms with Crippen LogP contribution in [0.1, 0.15) is 30.1 Å². The number of amides is 1. The van der Waals surface area contributed by atoms with Crippen LogP contribution in [0.15, 0.2) is 24.3 Å². The maximum atomic E-state index is 13.3. The van der Waals surface area contributed by atoms with Crippen LogP contribution in [-0.4, -0.2) is 24.5 Å². The normalized spacial score (nSPS) is 15.7. The molecule has 1 aromatic carbocycles. The Morgan fingerprint density at radius 2 is 2.11 bits per heavy atom. The van der Waals surface area contributed by atoms with Gasteiger partial charge in [0.1, 0.15) is 5.82 Å². The second-order valence-corrected chi connectivity index (χ2v) is 4.75. The first-order chi connectivity index (χ1) is 9.08. The predicted octanol–water partition coefficient (Wildman–Crippen LogP) is 1.90. The highest BCUT2D eigenvalue weighted by atomic mass is 19.1. The average Bonchev–Trinajstić information content (AvgIpc) is 3.20. The van der Waals surface area contributed by atoms with Crippen molar-refractivity contribution in [2.75, 3.05) is 6.61 Å². The summed E-state index contributed by atoms with van der Waals surface area (Å²) < 4.78 is 18.1. The van der Waals surface area contributed by atoms with Crippen molar-refractivity contribution >= 4 is 11.9 Å². The lowest BCUT2D eigenvalue weighted by Crippen LogP contribution is -2.37. The molecule has 0 bridgehead atoms. The quantitative estimate of drug-likeness (QED) is 0.827. The fraction of sp³-hybridized carbons (Fsp3) is 0.429. The van der Waals surface area contributed by atoms with Gasteiger partial charge in [0, 0.05) is 6.04 Å². The second kappa shape index (κ2) is 5.82. The molecule has 5 heteroatoms. The molecule has 0 saturated heterocycles. The smallest absolute Gasteiger partial charge is 0.341 e. The first-order valence-electron chi connectivity index (χ1n) is 6.29. The van der Waals surface area contributed by atoms with Crippen LogP contribution in [0.5, 0.6) is 0 Å². The Morgan fingerprint density at radius 1 is 1.42 bits per heavy atom. The van der Waals surface area contributed by atoms with Gasteiger partial charge in [0.2, 0.25) is 0 Å². The van der Waals surface area contributed by atoms with E-state index in [2.05, 4.69) is 5.32 Å². The lowest BCUT2D eigenvalue weighted by molar-refractivity contribution is -0.125. The Hall–Kier alpha value is -1.91. The van der Waals surface area contributed by atoms with Crippen molar-refractivity contribution in [3.8, 4) is 0 Å². The van der Waals surface area contributed by atoms with Crippen LogP contribution in [-0.2, 0) is 9.53 Å². The third-order valence-corrected chi connectivity index (χ3v) is 3.15. The molecular formula is C14H16FNO3. The maximum absolute atomic E-state index is 13.3. The van der Waals surface area contributed by atoms with Crippen molar-refractivity contribution in [2.24, 2.45) is 5.92 Å². The van der Waals surface area contributed by atoms with Crippen LogP contribution < -0.4 is 5.32 Å². The molecule has 1 amide bonds. The highest BCUT2D eigenvalue weighted by Crippen LogP contribution is 2.32. The van der Waals surface area contributed by atoms with E-state index in [1.165, 1.54) is 24.3 Å². The van der Waals surface area contributed by atoms with Gasteiger partial charge in [-0.05, 0) is 37.8 Å². The zero-order chi connectivity index (χ0) is 13.8. The van der Waals surface area contributed by atoms with Crippen LogP contribution in [0.25, 0.3) is 0 Å². The van der Waals surface area contributed by atoms with E-state index in [1.807, 2.05) is 6.92 Å². The summed E-state index contributed by atoms with van der Waals surface area (Å²) in [5.41, 5.74) is -0.162. The number of hydrogen-bond acceptors (Lipinski definition) is 3. The summed E-state index contributed by atoms with van der Waals surface area (Å²) >= 11 is 0. The molecule has 4 nitrogen and oxygen atoms in total. The van der Waals surface area contributed by atoms with Crippen LogP contribution in [0.3, 0.4) is 0 Å². The Morgan fingerprint density at radius 3 is 2.74 bits per heavy atom. The molecular weight excluding hydrogens is 249 g/mol. The topological polar surface area (TPSA) is 55.4 Å². The highest BCUT2D eigenvalue weighted by molar-refractivity contribution is 5.91. The minimum atomic E-state index is -0.827. The highest BCUT2D eigenvalue weighted by Gasteiger charge is 2.29. The molecule has 2 rings (SSSR count). The minimum absolute atomic E-state index is 0.0969. The third kappa shape index (κ3) is 3.77. The van der Waals surface area contributed by atoms with Gasteiger partial charge < -0.3 is 10.1 Å². The summed E-state index contributed by atoms with van der Waals surface area (Å²) in [6.45, 7) is 1.54. The molecule has 1 saturated carbocycles. The monoisotopic (exact) mass is 265 g/mol. The Labute approximate surface area is 110 Å². The number of carbonyl (C=O) groups excluding carboxylic acids is 2. The first-order valence-corrected chi connectivity index (χ1v) is 6.29. The Kier molecular flexibility index (Phi) is 4.14. The fourth-order valence-electron chi connectivity index (χ4n) is 1.85. The van der Waals surface area contributed by atoms with Crippen molar-refractivity contribution in [1.82, 2.24) is 5.32 Å². The summed E-state index contributed by atoms with van der Waals surface area (Å²) in [7, 11) is 0. The van der Waals surface area contributed by atoms with E-state index in [-0.39, 0.29) is 24.1 Å². The molecule has 1 N–H and O–H groups in total. The molecule has 19 heavy (non-hydrogen) atoms. The SMILES string of the molecule is C[C@@H](NC(=O)COC(=O)c1ccccc1F)C1CC1. The van der Waals surface area contributed by atoms with Gasteiger partial charge in [-0.15, -0.1) is 0 Å². The maximum Gasteiger partial charge on any atom is 0.341 e. The van der Waals surface area contributed by atoms with Gasteiger partial charge in [0.15, 0.2) is 6.61 Å². The average molecular weight is 265 g/mol. The summed E-state index contributed by atoms with van der Waals surface area (Å²) in [6, 6.07) is 5.61. The van der Waals surface area contributed by atoms with Crippen molar-refractivity contribution in [3.63, 3.8) is 0 Å². The van der Waals surface area contributed by atoms with E-state index in [9.17, 15) is 14.0 Å². The molecule has 0 unspecified atom stereocenters. The second-order valence-electron chi connectivity index (χ2n) is 4.75. The fourth-order valence-corrected chi connectivity index (χ4v) is 1.85. The van der Waals surface area contributed by atoms with Crippen LogP contribution in [0.2, 0.25) is 0 Å². The number of esters is 1. The van der Waals surface area contributed by atoms with Crippen LogP contribution in [0, 0.1) is 11.7 Å². The lowest BCUT2D eigenvalue weighted by atomic mass is 10.2. The molecule has 1 aromatic rings. The standard InChI is InChI=1S/C14H16FNO3/c1-9(10-6-7-10)16-13(17)8-19-14(18)11-4-2-3-5-12(11)15/h2-5,9-10H,6-8H2,1H3,(H,16,17)/t9-/m1/s1. The third-order valence-electron chi connectivity index (χ3n) is 3.15. The summed E-state index contributed by atoms with van der Waals surface area (Å²) in [5, 5.41) is 2.75. The number of benzene rings is 1. The first kappa shape index (κ1) is 13.5. The Balaban J connectivity index is 1.80. The van der Waals surface area contributed by atoms with Gasteiger partial charge >= 0.3 is 5.97 Å². The molecule has 0 heterocycles. The number of halogens is 1. The van der Waals surface area contributed by atoms with E-state index in [0.717, 1.165) is 12.8 Å². The molecule has 0 aromatic heterocycles. The van der Waals surface area contributed by atoms with E-state index in [4.69, 9.17) is 4.74 Å². The van der Waals surface area contributed by atoms with Gasteiger partial charge in [-0.2, -0.15) is 0 Å². The number of hydrogen-bond donors (Lipinski definition) is 1. The molecule has 0 radical (unpaired) electrons. The van der Waals surface area contributed by atoms with Crippen molar-refractivity contribution in [2.45, 2.75) is 25.8 Å². The predicted molar refractivity (Wildman–Crippen MR) is 67.0 cm³/mol. The van der Waals surface area contributed by atoms with E-state index < -0.39 is 11.8 Å². The molecule has 1 atom stereocenters. The summed E-state index contributed by atoms with van der Waals surface area (Å²) in [5.74, 6) is -1.30. The molecule has 0 spiro atoms. The Bertz CT molecular complexity index is 485.